The fourth-order valence-electron chi connectivity index (χ4n) is 1.22. The van der Waals surface area contributed by atoms with Gasteiger partial charge in [-0.2, -0.15) is 0 Å². The maximum absolute atomic E-state index is 5.14. The van der Waals surface area contributed by atoms with E-state index in [2.05, 4.69) is 25.1 Å². The summed E-state index contributed by atoms with van der Waals surface area (Å²) in [7, 11) is 0. The zero-order chi connectivity index (χ0) is 7.68. The smallest absolute Gasteiger partial charge is 0.0850 e. The van der Waals surface area contributed by atoms with E-state index in [1.807, 2.05) is 6.07 Å². The van der Waals surface area contributed by atoms with E-state index in [4.69, 9.17) is 4.74 Å². The molecule has 57 valence electrons. The summed E-state index contributed by atoms with van der Waals surface area (Å²) in [6.07, 6.45) is 1.56. The zero-order valence-electron chi connectivity index (χ0n) is 6.63. The lowest BCUT2D eigenvalue weighted by atomic mass is 10.1. The molecular formula is C10H11O. The highest BCUT2D eigenvalue weighted by atomic mass is 16.6. The first-order valence-corrected chi connectivity index (χ1v) is 3.93. The Morgan fingerprint density at radius 3 is 3.18 bits per heavy atom. The Bertz CT molecular complexity index is 251. The van der Waals surface area contributed by atoms with E-state index in [0.717, 1.165) is 13.0 Å². The van der Waals surface area contributed by atoms with Gasteiger partial charge >= 0.3 is 0 Å². The van der Waals surface area contributed by atoms with Crippen molar-refractivity contribution < 1.29 is 4.74 Å². The van der Waals surface area contributed by atoms with Crippen LogP contribution in [0.1, 0.15) is 11.1 Å². The average molecular weight is 147 g/mol. The molecule has 0 amide bonds. The van der Waals surface area contributed by atoms with Crippen LogP contribution in [0, 0.1) is 13.0 Å². The molecule has 0 spiro atoms. The molecule has 1 nitrogen and oxygen atoms in total. The van der Waals surface area contributed by atoms with Crippen molar-refractivity contribution in [2.75, 3.05) is 6.61 Å². The van der Waals surface area contributed by atoms with E-state index in [1.165, 1.54) is 11.1 Å². The van der Waals surface area contributed by atoms with E-state index in [0.29, 0.717) is 6.10 Å². The van der Waals surface area contributed by atoms with Gasteiger partial charge in [0, 0.05) is 6.42 Å². The van der Waals surface area contributed by atoms with Crippen LogP contribution in [-0.2, 0) is 11.2 Å². The minimum Gasteiger partial charge on any atom is -0.373 e. The summed E-state index contributed by atoms with van der Waals surface area (Å²) in [5, 5.41) is 0. The van der Waals surface area contributed by atoms with E-state index in [1.54, 1.807) is 0 Å². The molecule has 1 saturated heterocycles. The van der Waals surface area contributed by atoms with Crippen molar-refractivity contribution in [3.8, 4) is 0 Å². The van der Waals surface area contributed by atoms with Gasteiger partial charge in [-0.1, -0.05) is 18.2 Å². The topological polar surface area (TPSA) is 12.5 Å². The summed E-state index contributed by atoms with van der Waals surface area (Å²) in [6, 6.07) is 9.38. The quantitative estimate of drug-likeness (QED) is 0.580. The second-order valence-corrected chi connectivity index (χ2v) is 3.04. The Morgan fingerprint density at radius 2 is 2.55 bits per heavy atom. The molecule has 1 fully saturated rings. The summed E-state index contributed by atoms with van der Waals surface area (Å²) < 4.78 is 5.14. The molecule has 0 bridgehead atoms. The minimum atomic E-state index is 0.497. The van der Waals surface area contributed by atoms with E-state index in [-0.39, 0.29) is 0 Å². The zero-order valence-corrected chi connectivity index (χ0v) is 6.63. The third kappa shape index (κ3) is 1.81. The third-order valence-electron chi connectivity index (χ3n) is 1.88. The number of benzene rings is 1. The highest BCUT2D eigenvalue weighted by molar-refractivity contribution is 5.22. The highest BCUT2D eigenvalue weighted by Crippen LogP contribution is 2.16. The number of hydrogen-bond donors (Lipinski definition) is 0. The monoisotopic (exact) mass is 147 g/mol. The van der Waals surface area contributed by atoms with Gasteiger partial charge < -0.3 is 4.74 Å². The van der Waals surface area contributed by atoms with E-state index in [9.17, 15) is 0 Å². The first-order chi connectivity index (χ1) is 5.34. The van der Waals surface area contributed by atoms with Crippen LogP contribution in [-0.4, -0.2) is 12.7 Å². The molecule has 1 heteroatoms. The molecular weight excluding hydrogens is 136 g/mol. The molecule has 1 aliphatic rings. The van der Waals surface area contributed by atoms with Crippen LogP contribution in [0.2, 0.25) is 0 Å². The standard InChI is InChI=1S/C10H11O/c1-8-3-2-4-9(5-8)6-10-7-11-10/h2,4-5,10H,6-7H2,1H3. The van der Waals surface area contributed by atoms with Gasteiger partial charge in [-0.3, -0.25) is 0 Å². The van der Waals surface area contributed by atoms with Crippen molar-refractivity contribution in [3.63, 3.8) is 0 Å². The summed E-state index contributed by atoms with van der Waals surface area (Å²) >= 11 is 0. The molecule has 1 unspecified atom stereocenters. The third-order valence-corrected chi connectivity index (χ3v) is 1.88. The number of aryl methyl sites for hydroxylation is 1. The first kappa shape index (κ1) is 6.86. The Kier molecular flexibility index (Phi) is 1.66. The molecule has 2 rings (SSSR count). The number of ether oxygens (including phenoxy) is 1. The maximum atomic E-state index is 5.14. The molecule has 0 saturated carbocycles. The minimum absolute atomic E-state index is 0.497. The molecule has 1 aromatic rings. The molecule has 0 aromatic heterocycles. The van der Waals surface area contributed by atoms with Crippen LogP contribution < -0.4 is 0 Å². The summed E-state index contributed by atoms with van der Waals surface area (Å²) in [6.45, 7) is 3.01. The molecule has 0 N–H and O–H groups in total. The Labute approximate surface area is 67.0 Å². The molecule has 1 radical (unpaired) electrons. The van der Waals surface area contributed by atoms with E-state index < -0.39 is 0 Å². The van der Waals surface area contributed by atoms with Crippen molar-refractivity contribution in [3.05, 3.63) is 35.4 Å². The number of hydrogen-bond acceptors (Lipinski definition) is 1. The van der Waals surface area contributed by atoms with Gasteiger partial charge in [-0.05, 0) is 24.1 Å². The number of rotatable bonds is 2. The Balaban J connectivity index is 2.10. The molecule has 1 aliphatic heterocycles. The van der Waals surface area contributed by atoms with E-state index >= 15 is 0 Å². The maximum Gasteiger partial charge on any atom is 0.0850 e. The van der Waals surface area contributed by atoms with Gasteiger partial charge in [0.15, 0.2) is 0 Å². The van der Waals surface area contributed by atoms with Crippen LogP contribution in [0.5, 0.6) is 0 Å². The lowest BCUT2D eigenvalue weighted by Gasteiger charge is -1.97. The second-order valence-electron chi connectivity index (χ2n) is 3.04. The van der Waals surface area contributed by atoms with Crippen LogP contribution >= 0.6 is 0 Å². The summed E-state index contributed by atoms with van der Waals surface area (Å²) in [5.41, 5.74) is 2.58. The van der Waals surface area contributed by atoms with Gasteiger partial charge in [0.2, 0.25) is 0 Å². The van der Waals surface area contributed by atoms with Gasteiger partial charge in [0.25, 0.3) is 0 Å². The lowest BCUT2D eigenvalue weighted by molar-refractivity contribution is 0.407. The lowest BCUT2D eigenvalue weighted by Crippen LogP contribution is -1.92. The fraction of sp³-hybridized carbons (Fsp3) is 0.400. The largest absolute Gasteiger partial charge is 0.373 e. The average Bonchev–Trinajstić information content (AvgIpc) is 2.71. The molecule has 1 aromatic carbocycles. The van der Waals surface area contributed by atoms with Crippen LogP contribution in [0.4, 0.5) is 0 Å². The first-order valence-electron chi connectivity index (χ1n) is 3.93. The van der Waals surface area contributed by atoms with Crippen molar-refractivity contribution in [2.24, 2.45) is 0 Å². The predicted molar refractivity (Wildman–Crippen MR) is 43.5 cm³/mol. The van der Waals surface area contributed by atoms with Gasteiger partial charge in [0.1, 0.15) is 0 Å². The molecule has 1 heterocycles. The van der Waals surface area contributed by atoms with Crippen LogP contribution in [0.15, 0.2) is 18.2 Å². The fourth-order valence-corrected chi connectivity index (χ4v) is 1.22. The van der Waals surface area contributed by atoms with Crippen molar-refractivity contribution >= 4 is 0 Å². The van der Waals surface area contributed by atoms with Gasteiger partial charge in [-0.15, -0.1) is 0 Å². The Hall–Kier alpha value is -0.820. The van der Waals surface area contributed by atoms with Crippen molar-refractivity contribution in [2.45, 2.75) is 19.4 Å². The Morgan fingerprint density at radius 1 is 1.73 bits per heavy atom. The van der Waals surface area contributed by atoms with Crippen LogP contribution in [0.3, 0.4) is 0 Å². The van der Waals surface area contributed by atoms with Crippen molar-refractivity contribution in [1.82, 2.24) is 0 Å². The second kappa shape index (κ2) is 2.67. The highest BCUT2D eigenvalue weighted by Gasteiger charge is 2.22. The van der Waals surface area contributed by atoms with Gasteiger partial charge in [0.05, 0.1) is 12.7 Å². The van der Waals surface area contributed by atoms with Crippen LogP contribution in [0.25, 0.3) is 0 Å². The number of epoxide rings is 1. The molecule has 0 aliphatic carbocycles. The SMILES string of the molecule is Cc1[c]ccc(CC2CO2)c1. The summed E-state index contributed by atoms with van der Waals surface area (Å²) in [5.74, 6) is 0. The normalized spacial score (nSPS) is 21.7. The predicted octanol–water partition coefficient (Wildman–Crippen LogP) is 1.74. The molecule has 11 heavy (non-hydrogen) atoms. The van der Waals surface area contributed by atoms with Crippen molar-refractivity contribution in [1.29, 1.82) is 0 Å². The summed E-state index contributed by atoms with van der Waals surface area (Å²) in [4.78, 5) is 0. The molecule has 1 atom stereocenters. The van der Waals surface area contributed by atoms with Gasteiger partial charge in [-0.25, -0.2) is 0 Å².